The van der Waals surface area contributed by atoms with E-state index in [9.17, 15) is 4.39 Å². The predicted octanol–water partition coefficient (Wildman–Crippen LogP) is 2.60. The Morgan fingerprint density at radius 2 is 2.00 bits per heavy atom. The van der Waals surface area contributed by atoms with Crippen LogP contribution in [0.3, 0.4) is 0 Å². The molecule has 1 heterocycles. The topological polar surface area (TPSA) is 24.9 Å². The molecule has 68 valence electrons. The van der Waals surface area contributed by atoms with Gasteiger partial charge in [-0.25, -0.2) is 9.37 Å². The molecular formula is C9H15FN2. The zero-order valence-corrected chi connectivity index (χ0v) is 7.98. The molecular weight excluding hydrogens is 155 g/mol. The minimum Gasteiger partial charge on any atom is -0.371 e. The van der Waals surface area contributed by atoms with E-state index < -0.39 is 0 Å². The minimum absolute atomic E-state index is 0.297. The van der Waals surface area contributed by atoms with Gasteiger partial charge in [0.2, 0.25) is 0 Å². The van der Waals surface area contributed by atoms with Crippen molar-refractivity contribution in [3.05, 3.63) is 23.6 Å². The van der Waals surface area contributed by atoms with Crippen LogP contribution in [0.1, 0.15) is 19.4 Å². The van der Waals surface area contributed by atoms with Crippen LogP contribution in [0.15, 0.2) is 12.3 Å². The van der Waals surface area contributed by atoms with E-state index in [-0.39, 0.29) is 5.82 Å². The van der Waals surface area contributed by atoms with Crippen LogP contribution in [-0.4, -0.2) is 12.0 Å². The van der Waals surface area contributed by atoms with E-state index in [2.05, 4.69) is 10.3 Å². The number of aromatic nitrogens is 1. The molecule has 12 heavy (non-hydrogen) atoms. The number of nitrogens with one attached hydrogen (secondary N) is 1. The van der Waals surface area contributed by atoms with Gasteiger partial charge >= 0.3 is 0 Å². The fraction of sp³-hybridized carbons (Fsp3) is 0.444. The highest BCUT2D eigenvalue weighted by Gasteiger charge is 1.98. The molecule has 1 N–H and O–H groups in total. The standard InChI is InChI=1S/C7H9FN2.C2H6/c1-5-3-6(8)7(9-2)10-4-5;1-2/h3-4H,1-2H3,(H,9,10);1-2H3. The van der Waals surface area contributed by atoms with E-state index in [1.54, 1.807) is 20.2 Å². The van der Waals surface area contributed by atoms with Crippen molar-refractivity contribution in [3.63, 3.8) is 0 Å². The molecule has 0 saturated carbocycles. The van der Waals surface area contributed by atoms with Crippen LogP contribution in [0.4, 0.5) is 10.2 Å². The highest BCUT2D eigenvalue weighted by Crippen LogP contribution is 2.09. The Labute approximate surface area is 72.8 Å². The number of pyridine rings is 1. The first-order valence-corrected chi connectivity index (χ1v) is 4.04. The molecule has 1 aromatic heterocycles. The molecule has 0 aliphatic rings. The monoisotopic (exact) mass is 170 g/mol. The normalized spacial score (nSPS) is 8.42. The van der Waals surface area contributed by atoms with Crippen LogP contribution >= 0.6 is 0 Å². The van der Waals surface area contributed by atoms with Crippen molar-refractivity contribution in [2.75, 3.05) is 12.4 Å². The average Bonchev–Trinajstić information content (AvgIpc) is 2.08. The lowest BCUT2D eigenvalue weighted by Gasteiger charge is -1.99. The van der Waals surface area contributed by atoms with Gasteiger partial charge < -0.3 is 5.32 Å². The number of halogens is 1. The maximum absolute atomic E-state index is 12.7. The number of hydrogen-bond donors (Lipinski definition) is 1. The van der Waals surface area contributed by atoms with E-state index in [1.165, 1.54) is 6.07 Å². The highest BCUT2D eigenvalue weighted by atomic mass is 19.1. The Kier molecular flexibility index (Phi) is 5.00. The Balaban J connectivity index is 0.000000561. The quantitative estimate of drug-likeness (QED) is 0.700. The molecule has 0 radical (unpaired) electrons. The molecule has 0 aliphatic carbocycles. The average molecular weight is 170 g/mol. The molecule has 0 fully saturated rings. The number of rotatable bonds is 1. The summed E-state index contributed by atoms with van der Waals surface area (Å²) in [6.45, 7) is 5.80. The summed E-state index contributed by atoms with van der Waals surface area (Å²) < 4.78 is 12.7. The van der Waals surface area contributed by atoms with Gasteiger partial charge in [-0.3, -0.25) is 0 Å². The van der Waals surface area contributed by atoms with Crippen molar-refractivity contribution < 1.29 is 4.39 Å². The van der Waals surface area contributed by atoms with Gasteiger partial charge in [0.05, 0.1) is 0 Å². The van der Waals surface area contributed by atoms with Crippen molar-refractivity contribution in [2.45, 2.75) is 20.8 Å². The second-order valence-electron chi connectivity index (χ2n) is 2.09. The largest absolute Gasteiger partial charge is 0.371 e. The fourth-order valence-electron chi connectivity index (χ4n) is 0.718. The van der Waals surface area contributed by atoms with Gasteiger partial charge in [0.25, 0.3) is 0 Å². The molecule has 2 nitrogen and oxygen atoms in total. The van der Waals surface area contributed by atoms with Crippen molar-refractivity contribution in [1.29, 1.82) is 0 Å². The second-order valence-corrected chi connectivity index (χ2v) is 2.09. The molecule has 0 amide bonds. The molecule has 1 rings (SSSR count). The summed E-state index contributed by atoms with van der Waals surface area (Å²) in [6.07, 6.45) is 1.62. The summed E-state index contributed by atoms with van der Waals surface area (Å²) >= 11 is 0. The molecule has 0 spiro atoms. The van der Waals surface area contributed by atoms with E-state index >= 15 is 0 Å². The molecule has 0 unspecified atom stereocenters. The number of aryl methyl sites for hydroxylation is 1. The van der Waals surface area contributed by atoms with Gasteiger partial charge in [-0.05, 0) is 18.6 Å². The van der Waals surface area contributed by atoms with Gasteiger partial charge in [-0.1, -0.05) is 13.8 Å². The highest BCUT2D eigenvalue weighted by molar-refractivity contribution is 5.36. The smallest absolute Gasteiger partial charge is 0.165 e. The lowest BCUT2D eigenvalue weighted by Crippen LogP contribution is -1.95. The summed E-state index contributed by atoms with van der Waals surface area (Å²) in [4.78, 5) is 3.81. The van der Waals surface area contributed by atoms with Gasteiger partial charge in [-0.15, -0.1) is 0 Å². The molecule has 0 saturated heterocycles. The van der Waals surface area contributed by atoms with Crippen molar-refractivity contribution in [1.82, 2.24) is 4.98 Å². The Morgan fingerprint density at radius 3 is 2.42 bits per heavy atom. The van der Waals surface area contributed by atoms with Gasteiger partial charge in [0.15, 0.2) is 11.6 Å². The summed E-state index contributed by atoms with van der Waals surface area (Å²) in [7, 11) is 1.64. The van der Waals surface area contributed by atoms with Crippen LogP contribution in [0.2, 0.25) is 0 Å². The first-order chi connectivity index (χ1) is 5.74. The summed E-state index contributed by atoms with van der Waals surface area (Å²) in [5.74, 6) is -0.00639. The first kappa shape index (κ1) is 10.9. The summed E-state index contributed by atoms with van der Waals surface area (Å²) in [5.41, 5.74) is 0.830. The predicted molar refractivity (Wildman–Crippen MR) is 49.8 cm³/mol. The zero-order chi connectivity index (χ0) is 9.56. The van der Waals surface area contributed by atoms with E-state index in [4.69, 9.17) is 0 Å². The lowest BCUT2D eigenvalue weighted by atomic mass is 10.3. The third kappa shape index (κ3) is 2.86. The second kappa shape index (κ2) is 5.52. The third-order valence-corrected chi connectivity index (χ3v) is 1.21. The molecule has 0 aromatic carbocycles. The van der Waals surface area contributed by atoms with Crippen molar-refractivity contribution in [2.24, 2.45) is 0 Å². The summed E-state index contributed by atoms with van der Waals surface area (Å²) in [5, 5.41) is 2.64. The van der Waals surface area contributed by atoms with E-state index in [1.807, 2.05) is 13.8 Å². The van der Waals surface area contributed by atoms with Crippen molar-refractivity contribution >= 4 is 5.82 Å². The maximum Gasteiger partial charge on any atom is 0.165 e. The zero-order valence-electron chi connectivity index (χ0n) is 7.98. The Morgan fingerprint density at radius 1 is 1.42 bits per heavy atom. The molecule has 0 aliphatic heterocycles. The van der Waals surface area contributed by atoms with Gasteiger partial charge in [-0.2, -0.15) is 0 Å². The van der Waals surface area contributed by atoms with Gasteiger partial charge in [0.1, 0.15) is 0 Å². The van der Waals surface area contributed by atoms with Crippen LogP contribution < -0.4 is 5.32 Å². The van der Waals surface area contributed by atoms with Crippen LogP contribution in [-0.2, 0) is 0 Å². The van der Waals surface area contributed by atoms with Crippen LogP contribution in [0, 0.1) is 12.7 Å². The summed E-state index contributed by atoms with van der Waals surface area (Å²) in [6, 6.07) is 1.44. The lowest BCUT2D eigenvalue weighted by molar-refractivity contribution is 0.624. The third-order valence-electron chi connectivity index (χ3n) is 1.21. The first-order valence-electron chi connectivity index (χ1n) is 4.04. The maximum atomic E-state index is 12.7. The SMILES string of the molecule is CC.CNc1ncc(C)cc1F. The van der Waals surface area contributed by atoms with E-state index in [0.717, 1.165) is 5.56 Å². The molecule has 1 aromatic rings. The van der Waals surface area contributed by atoms with Crippen LogP contribution in [0.25, 0.3) is 0 Å². The van der Waals surface area contributed by atoms with Crippen LogP contribution in [0.5, 0.6) is 0 Å². The Bertz CT molecular complexity index is 236. The molecule has 0 atom stereocenters. The number of hydrogen-bond acceptors (Lipinski definition) is 2. The number of anilines is 1. The fourth-order valence-corrected chi connectivity index (χ4v) is 0.718. The minimum atomic E-state index is -0.303. The Hall–Kier alpha value is -1.12. The molecule has 0 bridgehead atoms. The van der Waals surface area contributed by atoms with E-state index in [0.29, 0.717) is 5.82 Å². The van der Waals surface area contributed by atoms with Gasteiger partial charge in [0, 0.05) is 13.2 Å². The molecule has 3 heteroatoms. The van der Waals surface area contributed by atoms with Crippen molar-refractivity contribution in [3.8, 4) is 0 Å². The number of nitrogens with zero attached hydrogens (tertiary/aromatic N) is 1.